The molecule has 0 saturated carbocycles. The van der Waals surface area contributed by atoms with E-state index < -0.39 is 4.92 Å². The lowest BCUT2D eigenvalue weighted by atomic mass is 10.2. The number of hydrogen-bond acceptors (Lipinski definition) is 8. The van der Waals surface area contributed by atoms with E-state index in [4.69, 9.17) is 4.74 Å². The second kappa shape index (κ2) is 7.70. The molecule has 0 aliphatic heterocycles. The van der Waals surface area contributed by atoms with Crippen LogP contribution in [0, 0.1) is 10.1 Å². The lowest BCUT2D eigenvalue weighted by Gasteiger charge is -2.15. The van der Waals surface area contributed by atoms with E-state index in [1.54, 1.807) is 19.4 Å². The number of nitrogens with one attached hydrogen (secondary N) is 2. The molecule has 0 aliphatic rings. The molecule has 1 unspecified atom stereocenters. The molecule has 3 rings (SSSR count). The molecule has 2 aromatic heterocycles. The van der Waals surface area contributed by atoms with E-state index in [1.807, 2.05) is 31.2 Å². The number of ether oxygens (including phenoxy) is 1. The average molecular weight is 354 g/mol. The highest BCUT2D eigenvalue weighted by molar-refractivity contribution is 5.92. The van der Waals surface area contributed by atoms with Crippen LogP contribution in [0.1, 0.15) is 6.92 Å². The first kappa shape index (κ1) is 17.5. The van der Waals surface area contributed by atoms with Gasteiger partial charge in [-0.25, -0.2) is 9.97 Å². The lowest BCUT2D eigenvalue weighted by Crippen LogP contribution is -2.22. The first-order valence-electron chi connectivity index (χ1n) is 7.95. The van der Waals surface area contributed by atoms with Crippen molar-refractivity contribution in [3.05, 3.63) is 53.0 Å². The van der Waals surface area contributed by atoms with Gasteiger partial charge in [-0.05, 0) is 19.1 Å². The minimum absolute atomic E-state index is 0.0928. The minimum atomic E-state index is -0.511. The molecule has 134 valence electrons. The van der Waals surface area contributed by atoms with Gasteiger partial charge in [0.1, 0.15) is 6.33 Å². The Morgan fingerprint density at radius 2 is 1.96 bits per heavy atom. The van der Waals surface area contributed by atoms with Gasteiger partial charge in [0.25, 0.3) is 0 Å². The van der Waals surface area contributed by atoms with Crippen LogP contribution in [-0.4, -0.2) is 39.6 Å². The highest BCUT2D eigenvalue weighted by Crippen LogP contribution is 2.33. The van der Waals surface area contributed by atoms with Gasteiger partial charge in [-0.2, -0.15) is 0 Å². The van der Waals surface area contributed by atoms with Gasteiger partial charge in [0, 0.05) is 24.7 Å². The normalized spacial score (nSPS) is 11.9. The number of fused-ring (bicyclic) bond motifs is 1. The first-order valence-corrected chi connectivity index (χ1v) is 7.95. The van der Waals surface area contributed by atoms with E-state index in [0.717, 1.165) is 5.39 Å². The summed E-state index contributed by atoms with van der Waals surface area (Å²) in [5, 5.41) is 18.6. The summed E-state index contributed by atoms with van der Waals surface area (Å²) >= 11 is 0. The molecule has 3 aromatic rings. The first-order chi connectivity index (χ1) is 12.6. The third-order valence-corrected chi connectivity index (χ3v) is 3.69. The Hall–Kier alpha value is -3.33. The summed E-state index contributed by atoms with van der Waals surface area (Å²) in [5.74, 6) is 0.223. The molecule has 26 heavy (non-hydrogen) atoms. The number of methoxy groups -OCH3 is 1. The molecule has 0 amide bonds. The largest absolute Gasteiger partial charge is 0.383 e. The summed E-state index contributed by atoms with van der Waals surface area (Å²) in [5.41, 5.74) is 1.09. The van der Waals surface area contributed by atoms with Crippen molar-refractivity contribution in [1.82, 2.24) is 15.0 Å². The number of nitrogens with zero attached hydrogens (tertiary/aromatic N) is 4. The molecular weight excluding hydrogens is 336 g/mol. The Morgan fingerprint density at radius 1 is 1.19 bits per heavy atom. The van der Waals surface area contributed by atoms with Crippen LogP contribution in [0.3, 0.4) is 0 Å². The maximum Gasteiger partial charge on any atom is 0.353 e. The monoisotopic (exact) mass is 354 g/mol. The van der Waals surface area contributed by atoms with Crippen LogP contribution in [0.25, 0.3) is 10.9 Å². The molecule has 0 aliphatic carbocycles. The fourth-order valence-corrected chi connectivity index (χ4v) is 2.61. The van der Waals surface area contributed by atoms with Gasteiger partial charge in [0.2, 0.25) is 11.6 Å². The number of anilines is 3. The Morgan fingerprint density at radius 3 is 2.73 bits per heavy atom. The van der Waals surface area contributed by atoms with Crippen molar-refractivity contribution in [2.45, 2.75) is 13.0 Å². The van der Waals surface area contributed by atoms with Gasteiger partial charge in [-0.15, -0.1) is 0 Å². The SMILES string of the molecule is COCC(C)Nc1ncnc(Nc2cccc3cccnc23)c1[N+](=O)[O-]. The van der Waals surface area contributed by atoms with Gasteiger partial charge in [-0.3, -0.25) is 15.1 Å². The van der Waals surface area contributed by atoms with Crippen LogP contribution in [0.2, 0.25) is 0 Å². The third kappa shape index (κ3) is 3.67. The number of aromatic nitrogens is 3. The van der Waals surface area contributed by atoms with E-state index >= 15 is 0 Å². The highest BCUT2D eigenvalue weighted by atomic mass is 16.6. The van der Waals surface area contributed by atoms with Gasteiger partial charge in [-0.1, -0.05) is 18.2 Å². The minimum Gasteiger partial charge on any atom is -0.383 e. The topological polar surface area (TPSA) is 115 Å². The summed E-state index contributed by atoms with van der Waals surface area (Å²) in [6.45, 7) is 2.23. The molecular formula is C17H18N6O3. The van der Waals surface area contributed by atoms with Crippen LogP contribution in [0.4, 0.5) is 23.0 Å². The highest BCUT2D eigenvalue weighted by Gasteiger charge is 2.24. The summed E-state index contributed by atoms with van der Waals surface area (Å²) < 4.78 is 5.05. The van der Waals surface area contributed by atoms with Crippen LogP contribution >= 0.6 is 0 Å². The molecule has 9 nitrogen and oxygen atoms in total. The summed E-state index contributed by atoms with van der Waals surface area (Å²) in [6, 6.07) is 9.16. The Bertz CT molecular complexity index is 928. The molecule has 9 heteroatoms. The number of benzene rings is 1. The van der Waals surface area contributed by atoms with Crippen LogP contribution in [0.15, 0.2) is 42.9 Å². The van der Waals surface area contributed by atoms with E-state index in [9.17, 15) is 10.1 Å². The fraction of sp³-hybridized carbons (Fsp3) is 0.235. The zero-order valence-corrected chi connectivity index (χ0v) is 14.3. The molecule has 1 aromatic carbocycles. The Kier molecular flexibility index (Phi) is 5.18. The maximum atomic E-state index is 11.6. The zero-order valence-electron chi connectivity index (χ0n) is 14.3. The molecule has 0 bridgehead atoms. The molecule has 2 heterocycles. The lowest BCUT2D eigenvalue weighted by molar-refractivity contribution is -0.383. The smallest absolute Gasteiger partial charge is 0.353 e. The van der Waals surface area contributed by atoms with Crippen LogP contribution in [0.5, 0.6) is 0 Å². The number of pyridine rings is 1. The fourth-order valence-electron chi connectivity index (χ4n) is 2.61. The number of nitro groups is 1. The molecule has 1 atom stereocenters. The van der Waals surface area contributed by atoms with Gasteiger partial charge < -0.3 is 15.4 Å². The molecule has 2 N–H and O–H groups in total. The third-order valence-electron chi connectivity index (χ3n) is 3.69. The summed E-state index contributed by atoms with van der Waals surface area (Å²) in [4.78, 5) is 23.5. The van der Waals surface area contributed by atoms with Gasteiger partial charge >= 0.3 is 5.69 Å². The van der Waals surface area contributed by atoms with Crippen molar-refractivity contribution in [1.29, 1.82) is 0 Å². The van der Waals surface area contributed by atoms with E-state index in [1.165, 1.54) is 6.33 Å². The quantitative estimate of drug-likeness (QED) is 0.491. The predicted molar refractivity (Wildman–Crippen MR) is 98.7 cm³/mol. The molecule has 0 radical (unpaired) electrons. The van der Waals surface area contributed by atoms with Crippen LogP contribution in [-0.2, 0) is 4.74 Å². The molecule has 0 saturated heterocycles. The van der Waals surface area contributed by atoms with E-state index in [-0.39, 0.29) is 23.4 Å². The van der Waals surface area contributed by atoms with Gasteiger partial charge in [0.15, 0.2) is 0 Å². The van der Waals surface area contributed by atoms with E-state index in [0.29, 0.717) is 17.8 Å². The second-order valence-corrected chi connectivity index (χ2v) is 5.68. The number of hydrogen-bond donors (Lipinski definition) is 2. The summed E-state index contributed by atoms with van der Waals surface area (Å²) in [7, 11) is 1.56. The van der Waals surface area contributed by atoms with Crippen molar-refractivity contribution in [3.63, 3.8) is 0 Å². The standard InChI is InChI=1S/C17H18N6O3/c1-11(9-26-2)21-16-15(23(24)25)17(20-10-19-16)22-13-7-3-5-12-6-4-8-18-14(12)13/h3-8,10-11H,9H2,1-2H3,(H2,19,20,21,22). The zero-order chi connectivity index (χ0) is 18.5. The summed E-state index contributed by atoms with van der Waals surface area (Å²) in [6.07, 6.45) is 2.94. The van der Waals surface area contributed by atoms with E-state index in [2.05, 4.69) is 25.6 Å². The molecule has 0 spiro atoms. The number of rotatable bonds is 7. The van der Waals surface area contributed by atoms with Crippen molar-refractivity contribution >= 4 is 33.9 Å². The Balaban J connectivity index is 2.00. The predicted octanol–water partition coefficient (Wildman–Crippen LogP) is 3.12. The number of para-hydroxylation sites is 1. The maximum absolute atomic E-state index is 11.6. The molecule has 0 fully saturated rings. The Labute approximate surface area is 149 Å². The van der Waals surface area contributed by atoms with Crippen molar-refractivity contribution in [3.8, 4) is 0 Å². The average Bonchev–Trinajstić information content (AvgIpc) is 2.62. The van der Waals surface area contributed by atoms with Gasteiger partial charge in [0.05, 0.1) is 22.7 Å². The van der Waals surface area contributed by atoms with Crippen LogP contribution < -0.4 is 10.6 Å². The van der Waals surface area contributed by atoms with Crippen molar-refractivity contribution in [2.75, 3.05) is 24.4 Å². The van der Waals surface area contributed by atoms with Crippen molar-refractivity contribution in [2.24, 2.45) is 0 Å². The second-order valence-electron chi connectivity index (χ2n) is 5.68. The van der Waals surface area contributed by atoms with Crippen molar-refractivity contribution < 1.29 is 9.66 Å².